The van der Waals surface area contributed by atoms with Gasteiger partial charge in [-0.25, -0.2) is 0 Å². The summed E-state index contributed by atoms with van der Waals surface area (Å²) < 4.78 is 10.7. The van der Waals surface area contributed by atoms with E-state index in [1.54, 1.807) is 26.0 Å². The summed E-state index contributed by atoms with van der Waals surface area (Å²) in [4.78, 5) is 6.70. The summed E-state index contributed by atoms with van der Waals surface area (Å²) in [5.41, 5.74) is 0.371. The fraction of sp³-hybridized carbons (Fsp3) is 0.611. The Morgan fingerprint density at radius 2 is 2.20 bits per heavy atom. The Morgan fingerprint density at radius 3 is 2.80 bits per heavy atom. The van der Waals surface area contributed by atoms with E-state index in [0.717, 1.165) is 47.5 Å². The first-order valence-electron chi connectivity index (χ1n) is 8.52. The molecule has 7 heteroatoms. The highest BCUT2D eigenvalue weighted by molar-refractivity contribution is 7.99. The first-order valence-corrected chi connectivity index (χ1v) is 9.67. The Kier molecular flexibility index (Phi) is 7.25. The van der Waals surface area contributed by atoms with E-state index >= 15 is 0 Å². The van der Waals surface area contributed by atoms with Crippen molar-refractivity contribution < 1.29 is 14.6 Å². The molecule has 1 atom stereocenters. The van der Waals surface area contributed by atoms with Gasteiger partial charge in [0.25, 0.3) is 0 Å². The monoisotopic (exact) mass is 367 g/mol. The molecule has 0 aliphatic carbocycles. The van der Waals surface area contributed by atoms with Crippen molar-refractivity contribution in [1.29, 1.82) is 0 Å². The second kappa shape index (κ2) is 9.20. The molecule has 2 N–H and O–H groups in total. The summed E-state index contributed by atoms with van der Waals surface area (Å²) in [7, 11) is 5.28. The molecule has 0 bridgehead atoms. The highest BCUT2D eigenvalue weighted by Crippen LogP contribution is 2.28. The molecule has 1 unspecified atom stereocenters. The van der Waals surface area contributed by atoms with Crippen LogP contribution in [-0.4, -0.2) is 67.4 Å². The van der Waals surface area contributed by atoms with Gasteiger partial charge in [0.1, 0.15) is 11.5 Å². The SMILES string of the molecule is CCNC(=NCC1(O)CCSC1)N(C)Cc1ccc(OC)cc1OC. The molecule has 1 aliphatic rings. The van der Waals surface area contributed by atoms with Crippen LogP contribution in [0.5, 0.6) is 11.5 Å². The van der Waals surface area contributed by atoms with Crippen LogP contribution < -0.4 is 14.8 Å². The molecule has 1 aromatic carbocycles. The number of hydrogen-bond acceptors (Lipinski definition) is 5. The third kappa shape index (κ3) is 5.44. The average molecular weight is 368 g/mol. The van der Waals surface area contributed by atoms with Crippen LogP contribution in [0.1, 0.15) is 18.9 Å². The zero-order valence-corrected chi connectivity index (χ0v) is 16.4. The predicted molar refractivity (Wildman–Crippen MR) is 104 cm³/mol. The number of benzene rings is 1. The van der Waals surface area contributed by atoms with Crippen molar-refractivity contribution in [3.63, 3.8) is 0 Å². The highest BCUT2D eigenvalue weighted by atomic mass is 32.2. The van der Waals surface area contributed by atoms with E-state index in [4.69, 9.17) is 9.47 Å². The zero-order valence-electron chi connectivity index (χ0n) is 15.5. The predicted octanol–water partition coefficient (Wildman–Crippen LogP) is 1.97. The second-order valence-corrected chi connectivity index (χ2v) is 7.34. The van der Waals surface area contributed by atoms with E-state index in [9.17, 15) is 5.11 Å². The van der Waals surface area contributed by atoms with Gasteiger partial charge in [0.05, 0.1) is 26.4 Å². The van der Waals surface area contributed by atoms with Crippen molar-refractivity contribution in [3.05, 3.63) is 23.8 Å². The van der Waals surface area contributed by atoms with Crippen LogP contribution in [0.15, 0.2) is 23.2 Å². The summed E-state index contributed by atoms with van der Waals surface area (Å²) in [6.07, 6.45) is 0.802. The number of hydrogen-bond donors (Lipinski definition) is 2. The van der Waals surface area contributed by atoms with Gasteiger partial charge in [-0.3, -0.25) is 4.99 Å². The third-order valence-electron chi connectivity index (χ3n) is 4.20. The van der Waals surface area contributed by atoms with Crippen LogP contribution >= 0.6 is 11.8 Å². The van der Waals surface area contributed by atoms with Gasteiger partial charge < -0.3 is 24.8 Å². The van der Waals surface area contributed by atoms with E-state index in [-0.39, 0.29) is 0 Å². The van der Waals surface area contributed by atoms with Crippen LogP contribution in [-0.2, 0) is 6.54 Å². The molecule has 140 valence electrons. The van der Waals surface area contributed by atoms with Gasteiger partial charge in [0, 0.05) is 37.5 Å². The number of rotatable bonds is 7. The summed E-state index contributed by atoms with van der Waals surface area (Å²) >= 11 is 1.78. The zero-order chi connectivity index (χ0) is 18.3. The smallest absolute Gasteiger partial charge is 0.194 e. The second-order valence-electron chi connectivity index (χ2n) is 6.23. The van der Waals surface area contributed by atoms with Crippen LogP contribution in [0.4, 0.5) is 0 Å². The lowest BCUT2D eigenvalue weighted by Crippen LogP contribution is -2.41. The molecule has 1 aromatic rings. The van der Waals surface area contributed by atoms with Gasteiger partial charge in [0.15, 0.2) is 5.96 Å². The van der Waals surface area contributed by atoms with Gasteiger partial charge in [-0.1, -0.05) is 0 Å². The molecular weight excluding hydrogens is 338 g/mol. The topological polar surface area (TPSA) is 66.3 Å². The fourth-order valence-electron chi connectivity index (χ4n) is 2.73. The summed E-state index contributed by atoms with van der Waals surface area (Å²) in [5, 5.41) is 13.8. The standard InChI is InChI=1S/C18H29N3O3S/c1-5-19-17(20-12-18(22)8-9-25-13-18)21(2)11-14-6-7-15(23-3)10-16(14)24-4/h6-7,10,22H,5,8-9,11-13H2,1-4H3,(H,19,20). The summed E-state index contributed by atoms with van der Waals surface area (Å²) in [6.45, 7) is 3.88. The Hall–Kier alpha value is -1.60. The van der Waals surface area contributed by atoms with E-state index in [1.807, 2.05) is 37.1 Å². The molecule has 0 spiro atoms. The van der Waals surface area contributed by atoms with Gasteiger partial charge in [-0.05, 0) is 31.2 Å². The van der Waals surface area contributed by atoms with Gasteiger partial charge in [-0.2, -0.15) is 11.8 Å². The van der Waals surface area contributed by atoms with E-state index < -0.39 is 5.60 Å². The van der Waals surface area contributed by atoms with Crippen molar-refractivity contribution in [3.8, 4) is 11.5 Å². The van der Waals surface area contributed by atoms with Gasteiger partial charge in [0.2, 0.25) is 0 Å². The summed E-state index contributed by atoms with van der Waals surface area (Å²) in [6, 6.07) is 5.80. The Balaban J connectivity index is 2.10. The number of guanidine groups is 1. The molecule has 1 heterocycles. The number of nitrogens with one attached hydrogen (secondary N) is 1. The number of aliphatic imine (C=N–C) groups is 1. The number of methoxy groups -OCH3 is 2. The maximum Gasteiger partial charge on any atom is 0.194 e. The first-order chi connectivity index (χ1) is 12.0. The molecular formula is C18H29N3O3S. The fourth-order valence-corrected chi connectivity index (χ4v) is 4.01. The van der Waals surface area contributed by atoms with E-state index in [1.165, 1.54) is 0 Å². The lowest BCUT2D eigenvalue weighted by molar-refractivity contribution is 0.0776. The minimum absolute atomic E-state index is 0.423. The van der Waals surface area contributed by atoms with Gasteiger partial charge in [-0.15, -0.1) is 0 Å². The lowest BCUT2D eigenvalue weighted by Gasteiger charge is -2.25. The van der Waals surface area contributed by atoms with Crippen molar-refractivity contribution in [2.24, 2.45) is 4.99 Å². The average Bonchev–Trinajstić information content (AvgIpc) is 3.05. The molecule has 1 fully saturated rings. The highest BCUT2D eigenvalue weighted by Gasteiger charge is 2.31. The molecule has 1 saturated heterocycles. The molecule has 1 aliphatic heterocycles. The Labute approximate surface area is 154 Å². The van der Waals surface area contributed by atoms with Crippen molar-refractivity contribution in [1.82, 2.24) is 10.2 Å². The molecule has 0 amide bonds. The largest absolute Gasteiger partial charge is 0.497 e. The molecule has 25 heavy (non-hydrogen) atoms. The summed E-state index contributed by atoms with van der Waals surface area (Å²) in [5.74, 6) is 4.09. The molecule has 6 nitrogen and oxygen atoms in total. The maximum absolute atomic E-state index is 10.5. The number of aliphatic hydroxyl groups is 1. The molecule has 0 aromatic heterocycles. The molecule has 0 radical (unpaired) electrons. The third-order valence-corrected chi connectivity index (χ3v) is 5.44. The number of nitrogens with zero attached hydrogens (tertiary/aromatic N) is 2. The van der Waals surface area contributed by atoms with Crippen LogP contribution in [0.25, 0.3) is 0 Å². The normalized spacial score (nSPS) is 20.4. The Bertz CT molecular complexity index is 589. The van der Waals surface area contributed by atoms with Crippen LogP contribution in [0.3, 0.4) is 0 Å². The van der Waals surface area contributed by atoms with E-state index in [0.29, 0.717) is 13.1 Å². The van der Waals surface area contributed by atoms with Crippen molar-refractivity contribution in [2.75, 3.05) is 45.9 Å². The molecule has 0 saturated carbocycles. The first kappa shape index (κ1) is 19.7. The number of ether oxygens (including phenoxy) is 2. The number of thioether (sulfide) groups is 1. The molecule has 2 rings (SSSR count). The van der Waals surface area contributed by atoms with Crippen LogP contribution in [0, 0.1) is 0 Å². The lowest BCUT2D eigenvalue weighted by atomic mass is 10.0. The van der Waals surface area contributed by atoms with E-state index in [2.05, 4.69) is 10.3 Å². The minimum atomic E-state index is -0.677. The Morgan fingerprint density at radius 1 is 1.40 bits per heavy atom. The quantitative estimate of drug-likeness (QED) is 0.567. The van der Waals surface area contributed by atoms with Crippen molar-refractivity contribution >= 4 is 17.7 Å². The maximum atomic E-state index is 10.5. The van der Waals surface area contributed by atoms with Crippen LogP contribution in [0.2, 0.25) is 0 Å². The van der Waals surface area contributed by atoms with Crippen molar-refractivity contribution in [2.45, 2.75) is 25.5 Å². The van der Waals surface area contributed by atoms with Gasteiger partial charge >= 0.3 is 0 Å². The minimum Gasteiger partial charge on any atom is -0.497 e.